The van der Waals surface area contributed by atoms with Gasteiger partial charge in [-0.3, -0.25) is 4.79 Å². The fourth-order valence-corrected chi connectivity index (χ4v) is 2.89. The number of hydrogen-bond donors (Lipinski definition) is 0. The van der Waals surface area contributed by atoms with Crippen LogP contribution in [0.1, 0.15) is 36.8 Å². The van der Waals surface area contributed by atoms with Gasteiger partial charge in [-0.2, -0.15) is 4.98 Å². The zero-order valence-electron chi connectivity index (χ0n) is 17.2. The number of aromatic nitrogens is 2. The van der Waals surface area contributed by atoms with E-state index in [9.17, 15) is 4.79 Å². The summed E-state index contributed by atoms with van der Waals surface area (Å²) < 4.78 is 10.9. The van der Waals surface area contributed by atoms with Gasteiger partial charge in [-0.05, 0) is 48.7 Å². The Hall–Kier alpha value is -3.15. The second kappa shape index (κ2) is 9.87. The van der Waals surface area contributed by atoms with Crippen LogP contribution in [0.15, 0.2) is 53.1 Å². The highest BCUT2D eigenvalue weighted by atomic mass is 16.5. The molecule has 3 aromatic rings. The molecule has 0 saturated carbocycles. The van der Waals surface area contributed by atoms with Gasteiger partial charge in [-0.15, -0.1) is 0 Å². The van der Waals surface area contributed by atoms with Crippen LogP contribution in [0, 0.1) is 6.92 Å². The smallest absolute Gasteiger partial charge is 0.260 e. The zero-order valence-corrected chi connectivity index (χ0v) is 17.2. The van der Waals surface area contributed by atoms with Crippen molar-refractivity contribution in [2.75, 3.05) is 13.7 Å². The van der Waals surface area contributed by atoms with Gasteiger partial charge in [0, 0.05) is 25.6 Å². The first kappa shape index (κ1) is 20.6. The Morgan fingerprint density at radius 1 is 1.14 bits per heavy atom. The van der Waals surface area contributed by atoms with Crippen molar-refractivity contribution in [3.05, 3.63) is 65.5 Å². The maximum absolute atomic E-state index is 12.4. The van der Waals surface area contributed by atoms with Crippen molar-refractivity contribution in [2.45, 2.75) is 39.7 Å². The number of likely N-dealkylation sites (N-methyl/N-ethyl adjacent to an activating group) is 1. The van der Waals surface area contributed by atoms with Gasteiger partial charge in [0.15, 0.2) is 6.61 Å². The first-order valence-electron chi connectivity index (χ1n) is 9.91. The SMILES string of the molecule is CCCCc1nc(-c2ccc(OCC(=O)N(C)Cc3ccccc3C)cc2)no1. The number of ether oxygens (including phenoxy) is 1. The van der Waals surface area contributed by atoms with Gasteiger partial charge in [0.05, 0.1) is 0 Å². The number of unbranched alkanes of at least 4 members (excludes halogenated alkanes) is 1. The molecule has 0 aliphatic heterocycles. The number of carbonyl (C=O) groups is 1. The summed E-state index contributed by atoms with van der Waals surface area (Å²) in [5.41, 5.74) is 3.15. The lowest BCUT2D eigenvalue weighted by molar-refractivity contribution is -0.132. The predicted octanol–water partition coefficient (Wildman–Crippen LogP) is 4.43. The van der Waals surface area contributed by atoms with E-state index >= 15 is 0 Å². The number of aryl methyl sites for hydroxylation is 2. The van der Waals surface area contributed by atoms with Gasteiger partial charge >= 0.3 is 0 Å². The molecule has 0 unspecified atom stereocenters. The highest BCUT2D eigenvalue weighted by Gasteiger charge is 2.12. The number of carbonyl (C=O) groups excluding carboxylic acids is 1. The van der Waals surface area contributed by atoms with Crippen molar-refractivity contribution in [1.82, 2.24) is 15.0 Å². The van der Waals surface area contributed by atoms with Crippen LogP contribution in [0.5, 0.6) is 5.75 Å². The lowest BCUT2D eigenvalue weighted by Gasteiger charge is -2.18. The molecule has 6 heteroatoms. The number of rotatable bonds is 9. The van der Waals surface area contributed by atoms with E-state index in [1.165, 1.54) is 5.56 Å². The Kier molecular flexibility index (Phi) is 7.00. The van der Waals surface area contributed by atoms with E-state index in [1.807, 2.05) is 55.5 Å². The predicted molar refractivity (Wildman–Crippen MR) is 111 cm³/mol. The molecule has 0 N–H and O–H groups in total. The molecule has 0 bridgehead atoms. The fourth-order valence-electron chi connectivity index (χ4n) is 2.89. The molecule has 2 aromatic carbocycles. The van der Waals surface area contributed by atoms with Crippen LogP contribution in [0.4, 0.5) is 0 Å². The summed E-state index contributed by atoms with van der Waals surface area (Å²) in [6.45, 7) is 4.72. The van der Waals surface area contributed by atoms with Gasteiger partial charge in [-0.1, -0.05) is 42.8 Å². The molecule has 0 spiro atoms. The van der Waals surface area contributed by atoms with E-state index in [2.05, 4.69) is 17.1 Å². The van der Waals surface area contributed by atoms with Gasteiger partial charge in [-0.25, -0.2) is 0 Å². The highest BCUT2D eigenvalue weighted by Crippen LogP contribution is 2.20. The summed E-state index contributed by atoms with van der Waals surface area (Å²) in [4.78, 5) is 18.5. The van der Waals surface area contributed by atoms with E-state index in [4.69, 9.17) is 9.26 Å². The molecule has 0 saturated heterocycles. The number of nitrogens with zero attached hydrogens (tertiary/aromatic N) is 3. The Labute approximate surface area is 171 Å². The molecule has 1 aromatic heterocycles. The normalized spacial score (nSPS) is 10.7. The van der Waals surface area contributed by atoms with Crippen molar-refractivity contribution in [3.63, 3.8) is 0 Å². The summed E-state index contributed by atoms with van der Waals surface area (Å²) in [7, 11) is 1.79. The minimum absolute atomic E-state index is 0.00883. The zero-order chi connectivity index (χ0) is 20.6. The van der Waals surface area contributed by atoms with Crippen molar-refractivity contribution < 1.29 is 14.1 Å². The molecule has 6 nitrogen and oxygen atoms in total. The Bertz CT molecular complexity index is 935. The summed E-state index contributed by atoms with van der Waals surface area (Å²) in [5.74, 6) is 1.78. The number of hydrogen-bond acceptors (Lipinski definition) is 5. The standard InChI is InChI=1S/C23H27N3O3/c1-4-5-10-21-24-23(25-29-21)18-11-13-20(14-12-18)28-16-22(27)26(3)15-19-9-7-6-8-17(19)2/h6-9,11-14H,4-5,10,15-16H2,1-3H3. The second-order valence-corrected chi connectivity index (χ2v) is 7.10. The van der Waals surface area contributed by atoms with Gasteiger partial charge in [0.25, 0.3) is 5.91 Å². The Morgan fingerprint density at radius 2 is 1.90 bits per heavy atom. The van der Waals surface area contributed by atoms with E-state index in [0.29, 0.717) is 24.0 Å². The van der Waals surface area contributed by atoms with Gasteiger partial charge in [0.2, 0.25) is 11.7 Å². The molecule has 0 aliphatic rings. The summed E-state index contributed by atoms with van der Waals surface area (Å²) >= 11 is 0. The van der Waals surface area contributed by atoms with E-state index < -0.39 is 0 Å². The average Bonchev–Trinajstić information content (AvgIpc) is 3.21. The minimum Gasteiger partial charge on any atom is -0.484 e. The molecule has 29 heavy (non-hydrogen) atoms. The van der Waals surface area contributed by atoms with Crippen molar-refractivity contribution in [3.8, 4) is 17.1 Å². The number of amides is 1. The third-order valence-corrected chi connectivity index (χ3v) is 4.78. The van der Waals surface area contributed by atoms with Gasteiger partial charge in [0.1, 0.15) is 5.75 Å². The minimum atomic E-state index is -0.0731. The lowest BCUT2D eigenvalue weighted by atomic mass is 10.1. The maximum Gasteiger partial charge on any atom is 0.260 e. The van der Waals surface area contributed by atoms with Crippen LogP contribution < -0.4 is 4.74 Å². The third kappa shape index (κ3) is 5.67. The van der Waals surface area contributed by atoms with Crippen molar-refractivity contribution >= 4 is 5.91 Å². The van der Waals surface area contributed by atoms with Crippen LogP contribution in [0.25, 0.3) is 11.4 Å². The largest absolute Gasteiger partial charge is 0.484 e. The van der Waals surface area contributed by atoms with Crippen LogP contribution >= 0.6 is 0 Å². The lowest BCUT2D eigenvalue weighted by Crippen LogP contribution is -2.31. The summed E-state index contributed by atoms with van der Waals surface area (Å²) in [6.07, 6.45) is 2.91. The molecule has 0 fully saturated rings. The van der Waals surface area contributed by atoms with E-state index in [1.54, 1.807) is 11.9 Å². The quantitative estimate of drug-likeness (QED) is 0.538. The first-order valence-corrected chi connectivity index (χ1v) is 9.91. The Balaban J connectivity index is 1.52. The number of benzene rings is 2. The molecule has 152 valence electrons. The van der Waals surface area contributed by atoms with Gasteiger partial charge < -0.3 is 14.2 Å². The molecule has 0 atom stereocenters. The van der Waals surface area contributed by atoms with E-state index in [0.717, 1.165) is 30.4 Å². The maximum atomic E-state index is 12.4. The highest BCUT2D eigenvalue weighted by molar-refractivity contribution is 5.77. The van der Waals surface area contributed by atoms with Crippen LogP contribution in [-0.4, -0.2) is 34.6 Å². The Morgan fingerprint density at radius 3 is 2.62 bits per heavy atom. The van der Waals surface area contributed by atoms with Crippen LogP contribution in [-0.2, 0) is 17.8 Å². The molecule has 0 aliphatic carbocycles. The summed E-state index contributed by atoms with van der Waals surface area (Å²) in [5, 5.41) is 4.03. The topological polar surface area (TPSA) is 68.5 Å². The molecule has 1 amide bonds. The van der Waals surface area contributed by atoms with Crippen LogP contribution in [0.2, 0.25) is 0 Å². The third-order valence-electron chi connectivity index (χ3n) is 4.78. The van der Waals surface area contributed by atoms with Crippen LogP contribution in [0.3, 0.4) is 0 Å². The molecule has 3 rings (SSSR count). The molecular weight excluding hydrogens is 366 g/mol. The molecule has 1 heterocycles. The van der Waals surface area contributed by atoms with Crippen molar-refractivity contribution in [1.29, 1.82) is 0 Å². The second-order valence-electron chi connectivity index (χ2n) is 7.10. The molecular formula is C23H27N3O3. The first-order chi connectivity index (χ1) is 14.1. The monoisotopic (exact) mass is 393 g/mol. The van der Waals surface area contributed by atoms with E-state index in [-0.39, 0.29) is 12.5 Å². The fraction of sp³-hybridized carbons (Fsp3) is 0.348. The van der Waals surface area contributed by atoms with Crippen molar-refractivity contribution in [2.24, 2.45) is 0 Å². The average molecular weight is 393 g/mol. The molecule has 0 radical (unpaired) electrons. The summed E-state index contributed by atoms with van der Waals surface area (Å²) in [6, 6.07) is 15.4.